The zero-order valence-corrected chi connectivity index (χ0v) is 22.4. The lowest BCUT2D eigenvalue weighted by molar-refractivity contribution is -0.143. The third kappa shape index (κ3) is 5.18. The molecule has 1 aliphatic carbocycles. The van der Waals surface area contributed by atoms with Crippen LogP contribution < -0.4 is 10.4 Å². The predicted molar refractivity (Wildman–Crippen MR) is 152 cm³/mol. The van der Waals surface area contributed by atoms with Gasteiger partial charge in [0.2, 0.25) is 5.91 Å². The third-order valence-electron chi connectivity index (χ3n) is 8.85. The van der Waals surface area contributed by atoms with E-state index >= 15 is 0 Å². The molecule has 2 atom stereocenters. The van der Waals surface area contributed by atoms with Crippen molar-refractivity contribution in [2.75, 3.05) is 13.1 Å². The second kappa shape index (κ2) is 10.5. The van der Waals surface area contributed by atoms with E-state index in [1.54, 1.807) is 6.07 Å². The van der Waals surface area contributed by atoms with E-state index in [-0.39, 0.29) is 18.2 Å². The highest BCUT2D eigenvalue weighted by atomic mass is 16.5. The zero-order chi connectivity index (χ0) is 27.0. The Morgan fingerprint density at radius 1 is 1.08 bits per heavy atom. The molecule has 6 heteroatoms. The molecule has 1 N–H and O–H groups in total. The second-order valence-electron chi connectivity index (χ2n) is 11.3. The number of likely N-dealkylation sites (tertiary alicyclic amines) is 1. The van der Waals surface area contributed by atoms with E-state index < -0.39 is 11.2 Å². The second-order valence-corrected chi connectivity index (χ2v) is 11.3. The van der Waals surface area contributed by atoms with Gasteiger partial charge in [0, 0.05) is 42.4 Å². The van der Waals surface area contributed by atoms with Gasteiger partial charge in [-0.15, -0.1) is 0 Å². The number of rotatable bonds is 6. The zero-order valence-electron chi connectivity index (χ0n) is 22.4. The van der Waals surface area contributed by atoms with E-state index in [0.29, 0.717) is 49.4 Å². The molecule has 1 saturated carbocycles. The average Bonchev–Trinajstić information content (AvgIpc) is 2.95. The lowest BCUT2D eigenvalue weighted by atomic mass is 9.71. The molecule has 6 nitrogen and oxygen atoms in total. The molecule has 3 aromatic carbocycles. The summed E-state index contributed by atoms with van der Waals surface area (Å²) in [5.41, 5.74) is 1.93. The number of fused-ring (bicyclic) bond motifs is 3. The van der Waals surface area contributed by atoms with E-state index in [0.717, 1.165) is 42.2 Å². The molecule has 2 aliphatic rings. The monoisotopic (exact) mass is 525 g/mol. The van der Waals surface area contributed by atoms with Crippen molar-refractivity contribution in [3.05, 3.63) is 87.8 Å². The van der Waals surface area contributed by atoms with Gasteiger partial charge in [0.25, 0.3) is 0 Å². The van der Waals surface area contributed by atoms with Crippen molar-refractivity contribution >= 4 is 27.6 Å². The summed E-state index contributed by atoms with van der Waals surface area (Å²) in [5, 5.41) is 14.1. The fraction of sp³-hybridized carbons (Fsp3) is 0.394. The number of ether oxygens (including phenoxy) is 1. The molecule has 1 saturated heterocycles. The van der Waals surface area contributed by atoms with Crippen LogP contribution in [0.5, 0.6) is 5.75 Å². The minimum absolute atomic E-state index is 0.0407. The fourth-order valence-corrected chi connectivity index (χ4v) is 6.44. The average molecular weight is 526 g/mol. The van der Waals surface area contributed by atoms with Crippen LogP contribution in [0, 0.1) is 12.8 Å². The number of aliphatic hydroxyl groups is 1. The van der Waals surface area contributed by atoms with Crippen LogP contribution in [-0.4, -0.2) is 34.6 Å². The molecular weight excluding hydrogens is 490 g/mol. The summed E-state index contributed by atoms with van der Waals surface area (Å²) in [4.78, 5) is 27.8. The molecule has 4 aromatic rings. The Balaban J connectivity index is 1.12. The van der Waals surface area contributed by atoms with Crippen LogP contribution in [0.3, 0.4) is 0 Å². The van der Waals surface area contributed by atoms with Gasteiger partial charge in [0.1, 0.15) is 17.9 Å². The highest BCUT2D eigenvalue weighted by molar-refractivity contribution is 5.84. The first kappa shape index (κ1) is 25.6. The van der Waals surface area contributed by atoms with Crippen molar-refractivity contribution in [2.24, 2.45) is 5.92 Å². The summed E-state index contributed by atoms with van der Waals surface area (Å²) >= 11 is 0. The lowest BCUT2D eigenvalue weighted by Crippen LogP contribution is -2.54. The molecule has 1 aliphatic heterocycles. The molecule has 0 spiro atoms. The summed E-state index contributed by atoms with van der Waals surface area (Å²) < 4.78 is 11.7. The van der Waals surface area contributed by atoms with Gasteiger partial charge in [-0.1, -0.05) is 49.2 Å². The maximum absolute atomic E-state index is 13.0. The van der Waals surface area contributed by atoms with E-state index in [9.17, 15) is 14.7 Å². The largest absolute Gasteiger partial charge is 0.489 e. The quantitative estimate of drug-likeness (QED) is 0.316. The Morgan fingerprint density at radius 2 is 1.92 bits per heavy atom. The van der Waals surface area contributed by atoms with Crippen LogP contribution in [0.25, 0.3) is 21.7 Å². The van der Waals surface area contributed by atoms with Crippen LogP contribution in [-0.2, 0) is 17.8 Å². The van der Waals surface area contributed by atoms with Gasteiger partial charge < -0.3 is 19.2 Å². The minimum Gasteiger partial charge on any atom is -0.489 e. The van der Waals surface area contributed by atoms with Crippen molar-refractivity contribution in [3.8, 4) is 5.75 Å². The third-order valence-corrected chi connectivity index (χ3v) is 8.85. The molecule has 2 heterocycles. The molecule has 39 heavy (non-hydrogen) atoms. The number of aryl methyl sites for hydroxylation is 1. The molecule has 0 radical (unpaired) electrons. The Morgan fingerprint density at radius 3 is 2.79 bits per heavy atom. The standard InChI is InChI=1S/C33H35NO5/c1-22-28-12-11-27(38-21-23-9-10-24-6-2-3-7-25(24)18-23)19-30(28)39-32(36)29(22)13-14-31(35)34-17-16-33(37)15-5-4-8-26(33)20-34/h2-3,6-7,9-12,18-19,26,37H,4-5,8,13-17,20-21H2,1H3/t26-,33+/m0/s1. The summed E-state index contributed by atoms with van der Waals surface area (Å²) in [6, 6.07) is 20.1. The predicted octanol–water partition coefficient (Wildman–Crippen LogP) is 5.92. The van der Waals surface area contributed by atoms with Crippen molar-refractivity contribution < 1.29 is 19.1 Å². The van der Waals surface area contributed by atoms with Gasteiger partial charge in [-0.25, -0.2) is 4.79 Å². The summed E-state index contributed by atoms with van der Waals surface area (Å²) in [6.45, 7) is 3.52. The molecule has 0 bridgehead atoms. The Kier molecular flexibility index (Phi) is 6.90. The SMILES string of the molecule is Cc1c(CCC(=O)N2CC[C@]3(O)CCCC[C@H]3C2)c(=O)oc2cc(OCc3ccc4ccccc4c3)ccc12. The molecule has 202 valence electrons. The van der Waals surface area contributed by atoms with Gasteiger partial charge in [-0.05, 0) is 72.7 Å². The number of carbonyl (C=O) groups is 1. The number of amides is 1. The van der Waals surface area contributed by atoms with E-state index in [2.05, 4.69) is 30.3 Å². The van der Waals surface area contributed by atoms with Gasteiger partial charge in [0.05, 0.1) is 5.60 Å². The van der Waals surface area contributed by atoms with E-state index in [4.69, 9.17) is 9.15 Å². The molecule has 0 unspecified atom stereocenters. The van der Waals surface area contributed by atoms with Crippen molar-refractivity contribution in [2.45, 2.75) is 64.1 Å². The number of piperidine rings is 1. The van der Waals surface area contributed by atoms with Gasteiger partial charge in [-0.3, -0.25) is 4.79 Å². The number of hydrogen-bond acceptors (Lipinski definition) is 5. The minimum atomic E-state index is -0.608. The van der Waals surface area contributed by atoms with E-state index in [1.807, 2.05) is 36.1 Å². The first-order valence-corrected chi connectivity index (χ1v) is 14.1. The van der Waals surface area contributed by atoms with Crippen molar-refractivity contribution in [3.63, 3.8) is 0 Å². The molecule has 1 aromatic heterocycles. The van der Waals surface area contributed by atoms with E-state index in [1.165, 1.54) is 10.8 Å². The highest BCUT2D eigenvalue weighted by Crippen LogP contribution is 2.40. The Labute approximate surface area is 228 Å². The van der Waals surface area contributed by atoms with Crippen LogP contribution in [0.2, 0.25) is 0 Å². The van der Waals surface area contributed by atoms with Gasteiger partial charge in [0.15, 0.2) is 0 Å². The molecular formula is C33H35NO5. The first-order valence-electron chi connectivity index (χ1n) is 14.1. The maximum Gasteiger partial charge on any atom is 0.339 e. The van der Waals surface area contributed by atoms with Crippen LogP contribution in [0.15, 0.2) is 69.9 Å². The van der Waals surface area contributed by atoms with Crippen molar-refractivity contribution in [1.29, 1.82) is 0 Å². The summed E-state index contributed by atoms with van der Waals surface area (Å²) in [6.07, 6.45) is 5.24. The fourth-order valence-electron chi connectivity index (χ4n) is 6.44. The highest BCUT2D eigenvalue weighted by Gasteiger charge is 2.43. The van der Waals surface area contributed by atoms with Crippen LogP contribution in [0.1, 0.15) is 55.2 Å². The van der Waals surface area contributed by atoms with Gasteiger partial charge in [-0.2, -0.15) is 0 Å². The van der Waals surface area contributed by atoms with Crippen molar-refractivity contribution in [1.82, 2.24) is 4.90 Å². The molecule has 6 rings (SSSR count). The van der Waals surface area contributed by atoms with Crippen LogP contribution in [0.4, 0.5) is 0 Å². The Hall–Kier alpha value is -3.64. The van der Waals surface area contributed by atoms with Crippen LogP contribution >= 0.6 is 0 Å². The molecule has 2 fully saturated rings. The maximum atomic E-state index is 13.0. The topological polar surface area (TPSA) is 80.0 Å². The smallest absolute Gasteiger partial charge is 0.339 e. The summed E-state index contributed by atoms with van der Waals surface area (Å²) in [5.74, 6) is 0.835. The lowest BCUT2D eigenvalue weighted by Gasteiger charge is -2.47. The summed E-state index contributed by atoms with van der Waals surface area (Å²) in [7, 11) is 0. The first-order chi connectivity index (χ1) is 18.9. The number of benzene rings is 3. The number of carbonyl (C=O) groups excluding carboxylic acids is 1. The van der Waals surface area contributed by atoms with Gasteiger partial charge >= 0.3 is 5.63 Å². The molecule has 1 amide bonds. The number of nitrogens with zero attached hydrogens (tertiary/aromatic N) is 1. The normalized spacial score (nSPS) is 21.2. The Bertz CT molecular complexity index is 1590. The number of hydrogen-bond donors (Lipinski definition) is 1.